The number of hydrogen-bond acceptors (Lipinski definition) is 3. The first kappa shape index (κ1) is 10.1. The van der Waals surface area contributed by atoms with Crippen LogP contribution in [0.5, 0.6) is 0 Å². The summed E-state index contributed by atoms with van der Waals surface area (Å²) in [7, 11) is 0. The maximum atomic E-state index is 5.35. The lowest BCUT2D eigenvalue weighted by atomic mass is 9.94. The summed E-state index contributed by atoms with van der Waals surface area (Å²) < 4.78 is 10.7. The molecule has 0 N–H and O–H groups in total. The van der Waals surface area contributed by atoms with Crippen LogP contribution in [0.25, 0.3) is 0 Å². The van der Waals surface area contributed by atoms with Crippen molar-refractivity contribution in [3.63, 3.8) is 0 Å². The zero-order valence-corrected chi connectivity index (χ0v) is 9.36. The molecule has 2 heterocycles. The van der Waals surface area contributed by atoms with Gasteiger partial charge in [0.2, 0.25) is 0 Å². The summed E-state index contributed by atoms with van der Waals surface area (Å²) >= 11 is 0. The van der Waals surface area contributed by atoms with Crippen molar-refractivity contribution < 1.29 is 9.47 Å². The molecular formula is C12H21NO2. The van der Waals surface area contributed by atoms with Gasteiger partial charge in [0.25, 0.3) is 0 Å². The van der Waals surface area contributed by atoms with E-state index < -0.39 is 0 Å². The molecule has 0 aromatic heterocycles. The molecule has 86 valence electrons. The number of epoxide rings is 2. The molecule has 0 radical (unpaired) electrons. The molecule has 2 saturated heterocycles. The molecule has 2 aliphatic heterocycles. The number of ether oxygens (including phenoxy) is 2. The first-order valence-corrected chi connectivity index (χ1v) is 6.39. The van der Waals surface area contributed by atoms with Crippen LogP contribution in [0.1, 0.15) is 32.1 Å². The average molecular weight is 211 g/mol. The van der Waals surface area contributed by atoms with Gasteiger partial charge in [-0.1, -0.05) is 19.3 Å². The molecule has 1 aliphatic carbocycles. The third kappa shape index (κ3) is 2.92. The molecule has 1 saturated carbocycles. The third-order valence-corrected chi connectivity index (χ3v) is 3.77. The Balaban J connectivity index is 1.53. The highest BCUT2D eigenvalue weighted by Gasteiger charge is 2.34. The minimum Gasteiger partial charge on any atom is -0.372 e. The monoisotopic (exact) mass is 211 g/mol. The largest absolute Gasteiger partial charge is 0.372 e. The summed E-state index contributed by atoms with van der Waals surface area (Å²) in [5.41, 5.74) is 0. The Morgan fingerprint density at radius 3 is 1.87 bits per heavy atom. The van der Waals surface area contributed by atoms with Crippen LogP contribution in [0.15, 0.2) is 0 Å². The average Bonchev–Trinajstić information content (AvgIpc) is 3.13. The van der Waals surface area contributed by atoms with Crippen LogP contribution in [0.3, 0.4) is 0 Å². The van der Waals surface area contributed by atoms with E-state index in [1.807, 2.05) is 0 Å². The van der Waals surface area contributed by atoms with Gasteiger partial charge in [0, 0.05) is 19.1 Å². The van der Waals surface area contributed by atoms with Crippen molar-refractivity contribution in [2.45, 2.75) is 50.4 Å². The Hall–Kier alpha value is -0.120. The van der Waals surface area contributed by atoms with Crippen LogP contribution < -0.4 is 0 Å². The SMILES string of the molecule is C1CCC(N(CC2CO2)CC2CO2)CC1. The Labute approximate surface area is 91.7 Å². The first-order valence-electron chi connectivity index (χ1n) is 6.39. The third-order valence-electron chi connectivity index (χ3n) is 3.77. The van der Waals surface area contributed by atoms with E-state index in [1.54, 1.807) is 0 Å². The van der Waals surface area contributed by atoms with Gasteiger partial charge in [0.1, 0.15) is 0 Å². The van der Waals surface area contributed by atoms with E-state index in [-0.39, 0.29) is 0 Å². The van der Waals surface area contributed by atoms with Gasteiger partial charge in [-0.3, -0.25) is 4.90 Å². The smallest absolute Gasteiger partial charge is 0.0936 e. The molecule has 0 bridgehead atoms. The van der Waals surface area contributed by atoms with E-state index in [0.29, 0.717) is 12.2 Å². The van der Waals surface area contributed by atoms with Crippen molar-refractivity contribution in [1.82, 2.24) is 4.90 Å². The molecule has 0 aromatic carbocycles. The summed E-state index contributed by atoms with van der Waals surface area (Å²) in [4.78, 5) is 2.63. The molecule has 3 fully saturated rings. The highest BCUT2D eigenvalue weighted by Crippen LogP contribution is 2.26. The van der Waals surface area contributed by atoms with E-state index >= 15 is 0 Å². The van der Waals surface area contributed by atoms with Crippen LogP contribution in [0.4, 0.5) is 0 Å². The molecule has 3 heteroatoms. The molecule has 0 spiro atoms. The second kappa shape index (κ2) is 4.40. The summed E-state index contributed by atoms with van der Waals surface area (Å²) in [5, 5.41) is 0. The maximum Gasteiger partial charge on any atom is 0.0936 e. The number of nitrogens with zero attached hydrogens (tertiary/aromatic N) is 1. The van der Waals surface area contributed by atoms with Gasteiger partial charge in [-0.2, -0.15) is 0 Å². The number of hydrogen-bond donors (Lipinski definition) is 0. The standard InChI is InChI=1S/C12H21NO2/c1-2-4-10(5-3-1)13(6-11-8-14-11)7-12-9-15-12/h10-12H,1-9H2. The molecule has 3 nitrogen and oxygen atoms in total. The van der Waals surface area contributed by atoms with Gasteiger partial charge in [0.15, 0.2) is 0 Å². The lowest BCUT2D eigenvalue weighted by molar-refractivity contribution is 0.132. The van der Waals surface area contributed by atoms with Crippen LogP contribution in [0, 0.1) is 0 Å². The highest BCUT2D eigenvalue weighted by atomic mass is 16.6. The van der Waals surface area contributed by atoms with E-state index in [2.05, 4.69) is 4.90 Å². The van der Waals surface area contributed by atoms with Crippen molar-refractivity contribution in [1.29, 1.82) is 0 Å². The first-order chi connectivity index (χ1) is 7.42. The molecule has 3 rings (SSSR count). The lowest BCUT2D eigenvalue weighted by Gasteiger charge is -2.33. The minimum atomic E-state index is 0.533. The number of rotatable bonds is 5. The van der Waals surface area contributed by atoms with Crippen LogP contribution >= 0.6 is 0 Å². The normalized spacial score (nSPS) is 35.8. The molecule has 3 aliphatic rings. The summed E-state index contributed by atoms with van der Waals surface area (Å²) in [5.74, 6) is 0. The molecular weight excluding hydrogens is 190 g/mol. The molecule has 0 amide bonds. The Kier molecular flexibility index (Phi) is 2.95. The van der Waals surface area contributed by atoms with Crippen molar-refractivity contribution in [2.24, 2.45) is 0 Å². The maximum absolute atomic E-state index is 5.35. The van der Waals surface area contributed by atoms with E-state index in [9.17, 15) is 0 Å². The predicted octanol–water partition coefficient (Wildman–Crippen LogP) is 1.42. The Morgan fingerprint density at radius 1 is 0.867 bits per heavy atom. The molecule has 0 aromatic rings. The van der Waals surface area contributed by atoms with Crippen LogP contribution in [-0.2, 0) is 9.47 Å². The summed E-state index contributed by atoms with van der Waals surface area (Å²) in [6, 6.07) is 0.812. The van der Waals surface area contributed by atoms with Gasteiger partial charge in [-0.15, -0.1) is 0 Å². The van der Waals surface area contributed by atoms with E-state index in [0.717, 1.165) is 32.3 Å². The summed E-state index contributed by atoms with van der Waals surface area (Å²) in [6.45, 7) is 4.25. The fourth-order valence-electron chi connectivity index (χ4n) is 2.69. The molecule has 15 heavy (non-hydrogen) atoms. The van der Waals surface area contributed by atoms with Gasteiger partial charge in [0.05, 0.1) is 25.4 Å². The molecule has 2 atom stereocenters. The van der Waals surface area contributed by atoms with Gasteiger partial charge < -0.3 is 9.47 Å². The Bertz CT molecular complexity index is 194. The quantitative estimate of drug-likeness (QED) is 0.644. The van der Waals surface area contributed by atoms with E-state index in [4.69, 9.17) is 9.47 Å². The van der Waals surface area contributed by atoms with Crippen molar-refractivity contribution in [3.8, 4) is 0 Å². The second-order valence-electron chi connectivity index (χ2n) is 5.16. The lowest BCUT2D eigenvalue weighted by Crippen LogP contribution is -2.41. The van der Waals surface area contributed by atoms with Crippen molar-refractivity contribution >= 4 is 0 Å². The fourth-order valence-corrected chi connectivity index (χ4v) is 2.69. The zero-order valence-electron chi connectivity index (χ0n) is 9.36. The predicted molar refractivity (Wildman–Crippen MR) is 57.9 cm³/mol. The summed E-state index contributed by atoms with van der Waals surface area (Å²) in [6.07, 6.45) is 8.11. The second-order valence-corrected chi connectivity index (χ2v) is 5.16. The zero-order chi connectivity index (χ0) is 10.1. The Morgan fingerprint density at radius 2 is 1.40 bits per heavy atom. The highest BCUT2D eigenvalue weighted by molar-refractivity contribution is 4.85. The van der Waals surface area contributed by atoms with Crippen molar-refractivity contribution in [3.05, 3.63) is 0 Å². The van der Waals surface area contributed by atoms with Gasteiger partial charge in [-0.05, 0) is 12.8 Å². The van der Waals surface area contributed by atoms with Crippen LogP contribution in [-0.4, -0.2) is 49.5 Å². The topological polar surface area (TPSA) is 28.3 Å². The van der Waals surface area contributed by atoms with Gasteiger partial charge >= 0.3 is 0 Å². The van der Waals surface area contributed by atoms with Crippen molar-refractivity contribution in [2.75, 3.05) is 26.3 Å². The van der Waals surface area contributed by atoms with E-state index in [1.165, 1.54) is 32.1 Å². The van der Waals surface area contributed by atoms with Gasteiger partial charge in [-0.25, -0.2) is 0 Å². The fraction of sp³-hybridized carbons (Fsp3) is 1.00. The van der Waals surface area contributed by atoms with Crippen LogP contribution in [0.2, 0.25) is 0 Å². The molecule has 2 unspecified atom stereocenters. The minimum absolute atomic E-state index is 0.533.